The first-order valence-corrected chi connectivity index (χ1v) is 12.4. The zero-order valence-corrected chi connectivity index (χ0v) is 21.3. The topological polar surface area (TPSA) is 97.8 Å². The summed E-state index contributed by atoms with van der Waals surface area (Å²) in [5.74, 6) is -0.933. The van der Waals surface area contributed by atoms with Crippen molar-refractivity contribution in [1.82, 2.24) is 19.9 Å². The van der Waals surface area contributed by atoms with Crippen molar-refractivity contribution in [1.29, 1.82) is 0 Å². The van der Waals surface area contributed by atoms with Crippen molar-refractivity contribution in [3.8, 4) is 5.75 Å². The fourth-order valence-corrected chi connectivity index (χ4v) is 4.89. The highest BCUT2D eigenvalue weighted by molar-refractivity contribution is 7.22. The number of likely N-dealkylation sites (tertiary alicyclic amines) is 1. The number of fused-ring (bicyclic) bond motifs is 1. The Morgan fingerprint density at radius 3 is 2.43 bits per heavy atom. The summed E-state index contributed by atoms with van der Waals surface area (Å²) in [5, 5.41) is 0.336. The van der Waals surface area contributed by atoms with Crippen molar-refractivity contribution in [3.63, 3.8) is 0 Å². The third kappa shape index (κ3) is 7.06. The summed E-state index contributed by atoms with van der Waals surface area (Å²) in [4.78, 5) is 41.7. The van der Waals surface area contributed by atoms with Crippen LogP contribution in [0.1, 0.15) is 39.2 Å². The minimum absolute atomic E-state index is 0.137. The van der Waals surface area contributed by atoms with Crippen LogP contribution in [-0.4, -0.2) is 56.9 Å². The van der Waals surface area contributed by atoms with E-state index in [0.29, 0.717) is 46.8 Å². The number of aromatic nitrogens is 3. The quantitative estimate of drug-likeness (QED) is 0.443. The Balaban J connectivity index is 1.55. The molecule has 1 fully saturated rings. The van der Waals surface area contributed by atoms with Crippen molar-refractivity contribution in [2.24, 2.45) is 5.92 Å². The molecule has 1 aliphatic rings. The molecule has 2 aromatic heterocycles. The van der Waals surface area contributed by atoms with Gasteiger partial charge in [0.1, 0.15) is 17.7 Å². The molecule has 37 heavy (non-hydrogen) atoms. The number of thiazole rings is 1. The molecular weight excluding hydrogens is 511 g/mol. The van der Waals surface area contributed by atoms with Crippen LogP contribution >= 0.6 is 11.3 Å². The van der Waals surface area contributed by atoms with Gasteiger partial charge in [-0.05, 0) is 45.7 Å². The van der Waals surface area contributed by atoms with Crippen LogP contribution < -0.4 is 9.64 Å². The van der Waals surface area contributed by atoms with Gasteiger partial charge < -0.3 is 14.4 Å². The molecule has 3 aromatic rings. The molecule has 0 unspecified atom stereocenters. The second kappa shape index (κ2) is 10.5. The molecule has 1 aromatic carbocycles. The first-order chi connectivity index (χ1) is 17.4. The van der Waals surface area contributed by atoms with E-state index >= 15 is 0 Å². The zero-order valence-electron chi connectivity index (χ0n) is 20.5. The Labute approximate surface area is 215 Å². The van der Waals surface area contributed by atoms with Crippen LogP contribution in [0.5, 0.6) is 5.75 Å². The van der Waals surface area contributed by atoms with E-state index in [2.05, 4.69) is 19.7 Å². The van der Waals surface area contributed by atoms with E-state index in [1.807, 2.05) is 0 Å². The average Bonchev–Trinajstić information content (AvgIpc) is 3.24. The molecule has 1 aliphatic heterocycles. The van der Waals surface area contributed by atoms with Gasteiger partial charge in [-0.1, -0.05) is 11.3 Å². The molecule has 198 valence electrons. The number of ether oxygens (including phenoxy) is 2. The first kappa shape index (κ1) is 26.6. The average molecular weight is 538 g/mol. The Morgan fingerprint density at radius 1 is 1.14 bits per heavy atom. The van der Waals surface area contributed by atoms with Crippen molar-refractivity contribution in [3.05, 3.63) is 42.5 Å². The minimum Gasteiger partial charge on any atom is -0.444 e. The second-order valence-electron chi connectivity index (χ2n) is 9.59. The maximum absolute atomic E-state index is 13.7. The Hall–Kier alpha value is -3.48. The summed E-state index contributed by atoms with van der Waals surface area (Å²) in [6.45, 7) is 6.25. The minimum atomic E-state index is -4.81. The summed E-state index contributed by atoms with van der Waals surface area (Å²) < 4.78 is 47.9. The number of alkyl halides is 3. The van der Waals surface area contributed by atoms with Gasteiger partial charge in [0.05, 0.1) is 16.8 Å². The number of nitrogens with zero attached hydrogens (tertiary/aromatic N) is 5. The SMILES string of the molecule is CC(C)(C)OC(=O)N1CCC(C(=O)N(Cc2cncnc2)c2nc3ccc(OC(F)(F)F)cc3s2)CC1. The number of benzene rings is 1. The van der Waals surface area contributed by atoms with E-state index < -0.39 is 18.1 Å². The zero-order chi connectivity index (χ0) is 26.8. The van der Waals surface area contributed by atoms with Crippen LogP contribution in [0.15, 0.2) is 36.9 Å². The highest BCUT2D eigenvalue weighted by Gasteiger charge is 2.34. The van der Waals surface area contributed by atoms with Gasteiger partial charge in [-0.15, -0.1) is 13.2 Å². The molecule has 2 amide bonds. The Bertz CT molecular complexity index is 1250. The van der Waals surface area contributed by atoms with Gasteiger partial charge in [0.15, 0.2) is 5.13 Å². The monoisotopic (exact) mass is 537 g/mol. The van der Waals surface area contributed by atoms with E-state index in [1.54, 1.807) is 38.1 Å². The lowest BCUT2D eigenvalue weighted by atomic mass is 9.95. The molecule has 0 radical (unpaired) electrons. The van der Waals surface area contributed by atoms with Crippen LogP contribution in [0.25, 0.3) is 10.2 Å². The third-order valence-electron chi connectivity index (χ3n) is 5.53. The number of hydrogen-bond acceptors (Lipinski definition) is 8. The van der Waals surface area contributed by atoms with Crippen molar-refractivity contribution in [2.45, 2.75) is 52.1 Å². The molecule has 0 aliphatic carbocycles. The number of halogens is 3. The van der Waals surface area contributed by atoms with E-state index in [1.165, 1.54) is 29.4 Å². The summed E-state index contributed by atoms with van der Waals surface area (Å²) in [7, 11) is 0. The number of amides is 2. The van der Waals surface area contributed by atoms with Gasteiger partial charge in [-0.3, -0.25) is 9.69 Å². The standard InChI is InChI=1S/C24H26F3N5O4S/c1-23(2,3)36-22(34)31-8-6-16(7-9-31)20(33)32(13-15-11-28-14-29-12-15)21-30-18-5-4-17(10-19(18)37-21)35-24(25,26)27/h4-5,10-12,14,16H,6-9,13H2,1-3H3. The Morgan fingerprint density at radius 2 is 1.81 bits per heavy atom. The van der Waals surface area contributed by atoms with E-state index in [-0.39, 0.29) is 24.1 Å². The van der Waals surface area contributed by atoms with E-state index in [0.717, 1.165) is 11.3 Å². The highest BCUT2D eigenvalue weighted by atomic mass is 32.1. The maximum Gasteiger partial charge on any atom is 0.573 e. The molecule has 9 nitrogen and oxygen atoms in total. The number of hydrogen-bond donors (Lipinski definition) is 0. The molecule has 0 N–H and O–H groups in total. The van der Waals surface area contributed by atoms with Gasteiger partial charge in [-0.25, -0.2) is 19.7 Å². The lowest BCUT2D eigenvalue weighted by molar-refractivity contribution is -0.274. The van der Waals surface area contributed by atoms with Gasteiger partial charge in [0.2, 0.25) is 5.91 Å². The second-order valence-corrected chi connectivity index (χ2v) is 10.6. The largest absolute Gasteiger partial charge is 0.573 e. The predicted molar refractivity (Wildman–Crippen MR) is 130 cm³/mol. The van der Waals surface area contributed by atoms with E-state index in [9.17, 15) is 22.8 Å². The summed E-state index contributed by atoms with van der Waals surface area (Å²) in [6, 6.07) is 3.85. The van der Waals surface area contributed by atoms with Gasteiger partial charge in [-0.2, -0.15) is 0 Å². The maximum atomic E-state index is 13.7. The molecule has 1 saturated heterocycles. The van der Waals surface area contributed by atoms with Crippen LogP contribution in [0.2, 0.25) is 0 Å². The van der Waals surface area contributed by atoms with Gasteiger partial charge in [0, 0.05) is 43.0 Å². The molecule has 13 heteroatoms. The molecule has 4 rings (SSSR count). The summed E-state index contributed by atoms with van der Waals surface area (Å²) in [6.07, 6.45) is 0.191. The number of carbonyl (C=O) groups excluding carboxylic acids is 2. The molecule has 3 heterocycles. The predicted octanol–water partition coefficient (Wildman–Crippen LogP) is 5.17. The Kier molecular flexibility index (Phi) is 7.53. The smallest absolute Gasteiger partial charge is 0.444 e. The molecule has 0 bridgehead atoms. The number of piperidine rings is 1. The molecule has 0 saturated carbocycles. The van der Waals surface area contributed by atoms with Crippen LogP contribution in [-0.2, 0) is 16.1 Å². The van der Waals surface area contributed by atoms with Crippen LogP contribution in [0.4, 0.5) is 23.1 Å². The van der Waals surface area contributed by atoms with Crippen LogP contribution in [0, 0.1) is 5.92 Å². The fourth-order valence-electron chi connectivity index (χ4n) is 3.90. The van der Waals surface area contributed by atoms with Gasteiger partial charge >= 0.3 is 12.5 Å². The third-order valence-corrected chi connectivity index (χ3v) is 6.57. The molecular formula is C24H26F3N5O4S. The molecule has 0 atom stereocenters. The number of carbonyl (C=O) groups is 2. The van der Waals surface area contributed by atoms with Crippen molar-refractivity contribution >= 4 is 38.7 Å². The number of rotatable bonds is 5. The first-order valence-electron chi connectivity index (χ1n) is 11.6. The normalized spacial score (nSPS) is 15.0. The van der Waals surface area contributed by atoms with E-state index in [4.69, 9.17) is 4.74 Å². The van der Waals surface area contributed by atoms with Crippen LogP contribution in [0.3, 0.4) is 0 Å². The number of anilines is 1. The highest BCUT2D eigenvalue weighted by Crippen LogP contribution is 2.35. The molecule has 0 spiro atoms. The fraction of sp³-hybridized carbons (Fsp3) is 0.458. The lowest BCUT2D eigenvalue weighted by Gasteiger charge is -2.34. The van der Waals surface area contributed by atoms with Gasteiger partial charge in [0.25, 0.3) is 0 Å². The van der Waals surface area contributed by atoms with Crippen molar-refractivity contribution < 1.29 is 32.2 Å². The lowest BCUT2D eigenvalue weighted by Crippen LogP contribution is -2.45. The summed E-state index contributed by atoms with van der Waals surface area (Å²) >= 11 is 1.09. The summed E-state index contributed by atoms with van der Waals surface area (Å²) in [5.41, 5.74) is 0.495. The van der Waals surface area contributed by atoms with Crippen molar-refractivity contribution in [2.75, 3.05) is 18.0 Å².